The summed E-state index contributed by atoms with van der Waals surface area (Å²) in [5.74, 6) is 3.34. The van der Waals surface area contributed by atoms with Gasteiger partial charge in [-0.1, -0.05) is 48.5 Å². The number of ether oxygens (including phenoxy) is 5. The van der Waals surface area contributed by atoms with E-state index in [0.29, 0.717) is 34.9 Å². The van der Waals surface area contributed by atoms with Gasteiger partial charge in [0.05, 0.1) is 51.3 Å². The second-order valence-corrected chi connectivity index (χ2v) is 12.2. The summed E-state index contributed by atoms with van der Waals surface area (Å²) >= 11 is 0. The highest BCUT2D eigenvalue weighted by molar-refractivity contribution is 6.22. The monoisotopic (exact) mass is 670 g/mol. The molecule has 50 heavy (non-hydrogen) atoms. The lowest BCUT2D eigenvalue weighted by Crippen LogP contribution is -2.06. The molecule has 0 unspecified atom stereocenters. The molecule has 0 bridgehead atoms. The van der Waals surface area contributed by atoms with Crippen LogP contribution >= 0.6 is 0 Å². The van der Waals surface area contributed by atoms with Crippen molar-refractivity contribution in [1.29, 1.82) is 0 Å². The molecule has 0 aliphatic rings. The normalized spacial score (nSPS) is 11.5. The zero-order chi connectivity index (χ0) is 35.2. The number of nitrogens with one attached hydrogen (secondary N) is 1. The average Bonchev–Trinajstić information content (AvgIpc) is 3.76. The first kappa shape index (κ1) is 34.0. The van der Waals surface area contributed by atoms with E-state index in [0.717, 1.165) is 51.3 Å². The number of ketones is 1. The minimum Gasteiger partial charge on any atom is -0.497 e. The smallest absolute Gasteiger partial charge is 0.198 e. The molecule has 8 heteroatoms. The molecule has 2 heterocycles. The molecule has 0 aliphatic carbocycles. The lowest BCUT2D eigenvalue weighted by molar-refractivity contribution is 0.104. The molecule has 0 aliphatic heterocycles. The number of benzene rings is 4. The molecule has 0 radical (unpaired) electrons. The second-order valence-electron chi connectivity index (χ2n) is 12.2. The number of nitrogens with zero attached hydrogens (tertiary/aromatic N) is 1. The van der Waals surface area contributed by atoms with Crippen LogP contribution in [-0.2, 0) is 17.7 Å². The predicted octanol–water partition coefficient (Wildman–Crippen LogP) is 9.07. The third-order valence-electron chi connectivity index (χ3n) is 8.61. The topological polar surface area (TPSA) is 83.9 Å². The van der Waals surface area contributed by atoms with Crippen LogP contribution in [0.15, 0.2) is 103 Å². The van der Waals surface area contributed by atoms with Crippen molar-refractivity contribution < 1.29 is 28.5 Å². The maximum Gasteiger partial charge on any atom is 0.198 e. The van der Waals surface area contributed by atoms with Crippen molar-refractivity contribution in [2.45, 2.75) is 32.9 Å². The van der Waals surface area contributed by atoms with E-state index in [4.69, 9.17) is 23.7 Å². The van der Waals surface area contributed by atoms with Crippen molar-refractivity contribution in [1.82, 2.24) is 9.55 Å². The highest BCUT2D eigenvalue weighted by Gasteiger charge is 2.27. The van der Waals surface area contributed by atoms with Gasteiger partial charge in [-0.25, -0.2) is 0 Å². The fourth-order valence-corrected chi connectivity index (χ4v) is 6.05. The van der Waals surface area contributed by atoms with Crippen LogP contribution in [0.4, 0.5) is 0 Å². The summed E-state index contributed by atoms with van der Waals surface area (Å²) in [5.41, 5.74) is 6.14. The summed E-state index contributed by atoms with van der Waals surface area (Å²) < 4.78 is 30.4. The number of H-pyrrole nitrogens is 1. The summed E-state index contributed by atoms with van der Waals surface area (Å²) in [6, 6.07) is 29.3. The molecular formula is C42H42N2O6. The summed E-state index contributed by atoms with van der Waals surface area (Å²) in [5, 5.41) is 0.743. The van der Waals surface area contributed by atoms with Crippen molar-refractivity contribution >= 4 is 28.5 Å². The van der Waals surface area contributed by atoms with Crippen LogP contribution in [0.1, 0.15) is 46.6 Å². The van der Waals surface area contributed by atoms with Gasteiger partial charge in [0, 0.05) is 35.5 Å². The van der Waals surface area contributed by atoms with Crippen LogP contribution in [0.2, 0.25) is 0 Å². The maximum absolute atomic E-state index is 15.1. The summed E-state index contributed by atoms with van der Waals surface area (Å²) in [4.78, 5) is 18.6. The third kappa shape index (κ3) is 7.25. The third-order valence-corrected chi connectivity index (χ3v) is 8.61. The van der Waals surface area contributed by atoms with E-state index in [1.54, 1.807) is 28.4 Å². The number of methoxy groups -OCH3 is 4. The van der Waals surface area contributed by atoms with Crippen LogP contribution in [0, 0.1) is 0 Å². The van der Waals surface area contributed by atoms with Crippen LogP contribution in [-0.4, -0.2) is 49.9 Å². The van der Waals surface area contributed by atoms with E-state index < -0.39 is 0 Å². The van der Waals surface area contributed by atoms with Crippen molar-refractivity contribution in [3.05, 3.63) is 131 Å². The van der Waals surface area contributed by atoms with E-state index in [1.807, 2.05) is 111 Å². The Bertz CT molecular complexity index is 2100. The minimum atomic E-state index is -0.139. The first-order valence-corrected chi connectivity index (χ1v) is 16.5. The number of hydrogen-bond donors (Lipinski definition) is 1. The van der Waals surface area contributed by atoms with Crippen LogP contribution in [0.3, 0.4) is 0 Å². The lowest BCUT2D eigenvalue weighted by atomic mass is 9.95. The zero-order valence-electron chi connectivity index (χ0n) is 29.3. The number of para-hydroxylation sites is 1. The number of aromatic amines is 1. The Hall–Kier alpha value is -5.89. The van der Waals surface area contributed by atoms with Gasteiger partial charge in [0.2, 0.25) is 0 Å². The zero-order valence-corrected chi connectivity index (χ0v) is 29.3. The van der Waals surface area contributed by atoms with Crippen LogP contribution < -0.4 is 18.9 Å². The van der Waals surface area contributed by atoms with Gasteiger partial charge in [0.25, 0.3) is 0 Å². The largest absolute Gasteiger partial charge is 0.497 e. The molecule has 0 atom stereocenters. The standard InChI is InChI=1S/C42H42N2O6/c1-27(2)50-37-9-7-8-34-39(41(43-40(34)37)38(49-6)24-29-12-18-32(47-4)19-13-29)42(45)36-26-44(23-22-28-10-16-31(46-3)17-11-28)25-35(36)30-14-20-33(48-5)21-15-30/h7-21,24-27,43H,22-23H2,1-6H3/b38-24+. The summed E-state index contributed by atoms with van der Waals surface area (Å²) in [6.07, 6.45) is 6.62. The van der Waals surface area contributed by atoms with Crippen molar-refractivity contribution in [3.8, 4) is 34.1 Å². The quantitative estimate of drug-likeness (QED) is 0.0920. The molecule has 2 aromatic heterocycles. The molecule has 6 rings (SSSR count). The second kappa shape index (κ2) is 15.1. The van der Waals surface area contributed by atoms with Gasteiger partial charge in [0.1, 0.15) is 28.8 Å². The van der Waals surface area contributed by atoms with Crippen molar-refractivity contribution in [2.24, 2.45) is 0 Å². The minimum absolute atomic E-state index is 0.0651. The van der Waals surface area contributed by atoms with Gasteiger partial charge in [-0.2, -0.15) is 0 Å². The van der Waals surface area contributed by atoms with E-state index in [2.05, 4.69) is 21.7 Å². The maximum atomic E-state index is 15.1. The number of carbonyl (C=O) groups is 1. The molecule has 4 aromatic carbocycles. The number of fused-ring (bicyclic) bond motifs is 1. The Morgan fingerprint density at radius 1 is 0.780 bits per heavy atom. The number of hydrogen-bond acceptors (Lipinski definition) is 6. The Balaban J connectivity index is 1.49. The summed E-state index contributed by atoms with van der Waals surface area (Å²) in [6.45, 7) is 4.64. The van der Waals surface area contributed by atoms with Gasteiger partial charge in [-0.3, -0.25) is 4.79 Å². The van der Waals surface area contributed by atoms with Gasteiger partial charge in [-0.05, 0) is 85.5 Å². The number of aromatic nitrogens is 2. The van der Waals surface area contributed by atoms with Crippen LogP contribution in [0.25, 0.3) is 33.9 Å². The molecule has 0 spiro atoms. The Labute approximate surface area is 292 Å². The lowest BCUT2D eigenvalue weighted by Gasteiger charge is -2.10. The molecule has 1 N–H and O–H groups in total. The van der Waals surface area contributed by atoms with Crippen LogP contribution in [0.5, 0.6) is 23.0 Å². The SMILES string of the molecule is CO/C(=C/c1ccc(OC)cc1)c1[nH]c2c(OC(C)C)cccc2c1C(=O)c1cn(CCc2ccc(OC)cc2)cc1-c1ccc(OC)cc1. The van der Waals surface area contributed by atoms with Crippen molar-refractivity contribution in [2.75, 3.05) is 28.4 Å². The van der Waals surface area contributed by atoms with Gasteiger partial charge >= 0.3 is 0 Å². The highest BCUT2D eigenvalue weighted by atomic mass is 16.5. The molecule has 6 aromatic rings. The average molecular weight is 671 g/mol. The van der Waals surface area contributed by atoms with E-state index in [-0.39, 0.29) is 11.9 Å². The Morgan fingerprint density at radius 2 is 1.40 bits per heavy atom. The molecule has 0 fully saturated rings. The fourth-order valence-electron chi connectivity index (χ4n) is 6.05. The Morgan fingerprint density at radius 3 is 2.00 bits per heavy atom. The molecule has 8 nitrogen and oxygen atoms in total. The predicted molar refractivity (Wildman–Crippen MR) is 198 cm³/mol. The number of aryl methyl sites for hydroxylation is 2. The summed E-state index contributed by atoms with van der Waals surface area (Å²) in [7, 11) is 6.55. The van der Waals surface area contributed by atoms with Gasteiger partial charge in [0.15, 0.2) is 5.78 Å². The van der Waals surface area contributed by atoms with E-state index >= 15 is 4.79 Å². The fraction of sp³-hybridized carbons (Fsp3) is 0.214. The molecule has 0 saturated heterocycles. The molecule has 256 valence electrons. The van der Waals surface area contributed by atoms with E-state index in [9.17, 15) is 0 Å². The highest BCUT2D eigenvalue weighted by Crippen LogP contribution is 2.38. The molecule has 0 amide bonds. The first-order chi connectivity index (χ1) is 24.3. The van der Waals surface area contributed by atoms with Gasteiger partial charge in [-0.15, -0.1) is 0 Å². The van der Waals surface area contributed by atoms with Gasteiger partial charge < -0.3 is 33.2 Å². The molecular weight excluding hydrogens is 628 g/mol. The number of carbonyl (C=O) groups excluding carboxylic acids is 1. The Kier molecular flexibility index (Phi) is 10.3. The number of rotatable bonds is 14. The first-order valence-electron chi connectivity index (χ1n) is 16.5. The molecule has 0 saturated carbocycles. The van der Waals surface area contributed by atoms with Crippen molar-refractivity contribution in [3.63, 3.8) is 0 Å². The van der Waals surface area contributed by atoms with E-state index in [1.165, 1.54) is 5.56 Å².